The maximum atomic E-state index is 11.8. The molecule has 1 aliphatic heterocycles. The second-order valence-electron chi connectivity index (χ2n) is 5.88. The Morgan fingerprint density at radius 1 is 1.33 bits per heavy atom. The van der Waals surface area contributed by atoms with Gasteiger partial charge in [-0.2, -0.15) is 0 Å². The third kappa shape index (κ3) is 4.42. The second-order valence-corrected chi connectivity index (χ2v) is 5.88. The fraction of sp³-hybridized carbons (Fsp3) is 0.786. The molecule has 0 saturated carbocycles. The van der Waals surface area contributed by atoms with Crippen LogP contribution in [0.2, 0.25) is 0 Å². The molecule has 0 aromatic heterocycles. The van der Waals surface area contributed by atoms with E-state index in [0.717, 1.165) is 6.42 Å². The van der Waals surface area contributed by atoms with Crippen LogP contribution in [0.5, 0.6) is 0 Å². The molecule has 0 bridgehead atoms. The number of imide groups is 1. The maximum Gasteiger partial charge on any atom is 0.321 e. The van der Waals surface area contributed by atoms with Crippen LogP contribution in [0.4, 0.5) is 4.79 Å². The molecule has 7 nitrogen and oxygen atoms in total. The number of rotatable bonds is 6. The summed E-state index contributed by atoms with van der Waals surface area (Å²) >= 11 is 0. The zero-order valence-corrected chi connectivity index (χ0v) is 12.9. The fourth-order valence-corrected chi connectivity index (χ4v) is 2.59. The van der Waals surface area contributed by atoms with Crippen molar-refractivity contribution in [1.82, 2.24) is 15.5 Å². The van der Waals surface area contributed by atoms with Crippen LogP contribution in [-0.4, -0.2) is 54.1 Å². The quantitative estimate of drug-likeness (QED) is 0.669. The first-order valence-corrected chi connectivity index (χ1v) is 7.35. The molecule has 1 unspecified atom stereocenters. The molecule has 0 radical (unpaired) electrons. The van der Waals surface area contributed by atoms with Crippen molar-refractivity contribution in [3.8, 4) is 0 Å². The average molecular weight is 299 g/mol. The largest absolute Gasteiger partial charge is 0.481 e. The van der Waals surface area contributed by atoms with Crippen LogP contribution < -0.4 is 10.6 Å². The van der Waals surface area contributed by atoms with Gasteiger partial charge in [-0.25, -0.2) is 4.79 Å². The molecule has 0 aromatic rings. The first-order chi connectivity index (χ1) is 9.81. The smallest absolute Gasteiger partial charge is 0.321 e. The van der Waals surface area contributed by atoms with E-state index in [0.29, 0.717) is 26.1 Å². The van der Waals surface area contributed by atoms with Gasteiger partial charge in [-0.15, -0.1) is 0 Å². The Bertz CT molecular complexity index is 411. The van der Waals surface area contributed by atoms with E-state index in [1.54, 1.807) is 4.90 Å². The third-order valence-electron chi connectivity index (χ3n) is 4.07. The Morgan fingerprint density at radius 3 is 2.48 bits per heavy atom. The van der Waals surface area contributed by atoms with Crippen molar-refractivity contribution in [2.75, 3.05) is 26.2 Å². The number of aliphatic carboxylic acids is 1. The standard InChI is InChI=1S/C14H25N3O4/c1-4-6-15-13(21)16-11(18)8-17-7-5-14(9-17,10(2)3)12(19)20/h10H,4-9H2,1-3H3,(H,19,20)(H2,15,16,18,21). The summed E-state index contributed by atoms with van der Waals surface area (Å²) in [6.45, 7) is 7.13. The number of carboxylic acids is 1. The van der Waals surface area contributed by atoms with Crippen LogP contribution in [0, 0.1) is 11.3 Å². The van der Waals surface area contributed by atoms with Gasteiger partial charge in [-0.3, -0.25) is 19.8 Å². The van der Waals surface area contributed by atoms with E-state index in [4.69, 9.17) is 0 Å². The highest BCUT2D eigenvalue weighted by molar-refractivity contribution is 5.95. The lowest BCUT2D eigenvalue weighted by Gasteiger charge is -2.28. The molecule has 21 heavy (non-hydrogen) atoms. The first-order valence-electron chi connectivity index (χ1n) is 7.35. The number of likely N-dealkylation sites (tertiary alicyclic amines) is 1. The Balaban J connectivity index is 2.49. The molecule has 1 fully saturated rings. The SMILES string of the molecule is CCCNC(=O)NC(=O)CN1CCC(C(=O)O)(C(C)C)C1. The molecule has 1 saturated heterocycles. The van der Waals surface area contributed by atoms with Crippen LogP contribution >= 0.6 is 0 Å². The van der Waals surface area contributed by atoms with Crippen LogP contribution in [0.25, 0.3) is 0 Å². The highest BCUT2D eigenvalue weighted by Crippen LogP contribution is 2.37. The minimum atomic E-state index is -0.818. The summed E-state index contributed by atoms with van der Waals surface area (Å²) in [5.74, 6) is -1.23. The lowest BCUT2D eigenvalue weighted by Crippen LogP contribution is -2.45. The summed E-state index contributed by atoms with van der Waals surface area (Å²) < 4.78 is 0. The number of carbonyl (C=O) groups is 3. The molecule has 1 aliphatic rings. The topological polar surface area (TPSA) is 98.7 Å². The monoisotopic (exact) mass is 299 g/mol. The number of nitrogens with one attached hydrogen (secondary N) is 2. The van der Waals surface area contributed by atoms with E-state index in [1.165, 1.54) is 0 Å². The Labute approximate surface area is 125 Å². The Kier molecular flexibility index (Phi) is 6.14. The minimum Gasteiger partial charge on any atom is -0.481 e. The van der Waals surface area contributed by atoms with Crippen LogP contribution in [0.3, 0.4) is 0 Å². The summed E-state index contributed by atoms with van der Waals surface area (Å²) in [7, 11) is 0. The number of nitrogens with zero attached hydrogens (tertiary/aromatic N) is 1. The molecular weight excluding hydrogens is 274 g/mol. The van der Waals surface area contributed by atoms with E-state index >= 15 is 0 Å². The van der Waals surface area contributed by atoms with Crippen LogP contribution in [0.1, 0.15) is 33.6 Å². The fourth-order valence-electron chi connectivity index (χ4n) is 2.59. The molecule has 1 rings (SSSR count). The van der Waals surface area contributed by atoms with E-state index in [1.807, 2.05) is 20.8 Å². The average Bonchev–Trinajstić information content (AvgIpc) is 2.81. The Morgan fingerprint density at radius 2 is 2.00 bits per heavy atom. The zero-order valence-electron chi connectivity index (χ0n) is 12.9. The van der Waals surface area contributed by atoms with E-state index in [-0.39, 0.29) is 12.5 Å². The Hall–Kier alpha value is -1.63. The number of carboxylic acid groups (broad SMARTS) is 1. The van der Waals surface area contributed by atoms with Gasteiger partial charge in [-0.1, -0.05) is 20.8 Å². The van der Waals surface area contributed by atoms with Gasteiger partial charge < -0.3 is 10.4 Å². The van der Waals surface area contributed by atoms with E-state index < -0.39 is 23.3 Å². The molecule has 3 amide bonds. The van der Waals surface area contributed by atoms with Gasteiger partial charge in [-0.05, 0) is 25.3 Å². The summed E-state index contributed by atoms with van der Waals surface area (Å²) in [6.07, 6.45) is 1.32. The summed E-state index contributed by atoms with van der Waals surface area (Å²) in [5.41, 5.74) is -0.801. The van der Waals surface area contributed by atoms with Gasteiger partial charge in [0, 0.05) is 13.1 Å². The van der Waals surface area contributed by atoms with Gasteiger partial charge in [0.1, 0.15) is 0 Å². The number of amides is 3. The predicted octanol–water partition coefficient (Wildman–Crippen LogP) is 0.655. The lowest BCUT2D eigenvalue weighted by atomic mass is 9.76. The second kappa shape index (κ2) is 7.40. The normalized spacial score (nSPS) is 22.3. The molecule has 1 atom stereocenters. The minimum absolute atomic E-state index is 0.00378. The molecule has 120 valence electrons. The highest BCUT2D eigenvalue weighted by Gasteiger charge is 2.47. The van der Waals surface area contributed by atoms with Crippen molar-refractivity contribution in [3.63, 3.8) is 0 Å². The van der Waals surface area contributed by atoms with Crippen molar-refractivity contribution >= 4 is 17.9 Å². The summed E-state index contributed by atoms with van der Waals surface area (Å²) in [4.78, 5) is 36.4. The van der Waals surface area contributed by atoms with Crippen LogP contribution in [-0.2, 0) is 9.59 Å². The van der Waals surface area contributed by atoms with Gasteiger partial charge in [0.2, 0.25) is 5.91 Å². The molecule has 1 heterocycles. The molecule has 0 spiro atoms. The van der Waals surface area contributed by atoms with Crippen molar-refractivity contribution < 1.29 is 19.5 Å². The molecule has 3 N–H and O–H groups in total. The molecule has 7 heteroatoms. The van der Waals surface area contributed by atoms with Crippen molar-refractivity contribution in [2.45, 2.75) is 33.6 Å². The third-order valence-corrected chi connectivity index (χ3v) is 4.07. The number of carbonyl (C=O) groups excluding carboxylic acids is 2. The van der Waals surface area contributed by atoms with Gasteiger partial charge in [0.25, 0.3) is 0 Å². The number of hydrogen-bond donors (Lipinski definition) is 3. The van der Waals surface area contributed by atoms with Crippen molar-refractivity contribution in [1.29, 1.82) is 0 Å². The highest BCUT2D eigenvalue weighted by atomic mass is 16.4. The number of urea groups is 1. The van der Waals surface area contributed by atoms with E-state index in [2.05, 4.69) is 10.6 Å². The van der Waals surface area contributed by atoms with Gasteiger partial charge >= 0.3 is 12.0 Å². The molecule has 0 aliphatic carbocycles. The first kappa shape index (κ1) is 17.4. The van der Waals surface area contributed by atoms with Crippen LogP contribution in [0.15, 0.2) is 0 Å². The predicted molar refractivity (Wildman–Crippen MR) is 77.8 cm³/mol. The number of hydrogen-bond acceptors (Lipinski definition) is 4. The summed E-state index contributed by atoms with van der Waals surface area (Å²) in [5, 5.41) is 14.2. The zero-order chi connectivity index (χ0) is 16.0. The molecular formula is C14H25N3O4. The van der Waals surface area contributed by atoms with Crippen molar-refractivity contribution in [3.05, 3.63) is 0 Å². The summed E-state index contributed by atoms with van der Waals surface area (Å²) in [6, 6.07) is -0.505. The van der Waals surface area contributed by atoms with E-state index in [9.17, 15) is 19.5 Å². The maximum absolute atomic E-state index is 11.8. The van der Waals surface area contributed by atoms with Gasteiger partial charge in [0.05, 0.1) is 12.0 Å². The van der Waals surface area contributed by atoms with Gasteiger partial charge in [0.15, 0.2) is 0 Å². The lowest BCUT2D eigenvalue weighted by molar-refractivity contribution is -0.151. The van der Waals surface area contributed by atoms with Crippen molar-refractivity contribution in [2.24, 2.45) is 11.3 Å². The molecule has 0 aromatic carbocycles.